The molecule has 3 rings (SSSR count). The van der Waals surface area contributed by atoms with Crippen molar-refractivity contribution in [1.82, 2.24) is 14.9 Å². The van der Waals surface area contributed by atoms with Gasteiger partial charge in [-0.15, -0.1) is 0 Å². The van der Waals surface area contributed by atoms with Gasteiger partial charge in [0, 0.05) is 17.0 Å². The highest BCUT2D eigenvalue weighted by atomic mass is 35.5. The summed E-state index contributed by atoms with van der Waals surface area (Å²) in [5.41, 5.74) is 1.89. The Balaban J connectivity index is 1.66. The second kappa shape index (κ2) is 8.09. The standard InChI is InChI=1S/C18H17ClN4OS/c1-2-17-21-22-18(25)23(17)20-11-13-7-9-15(10-8-13)24-12-14-5-3-4-6-16(14)19/h3-11H,2,12H2,1H3,(H,22,25)/b20-11+. The van der Waals surface area contributed by atoms with E-state index in [-0.39, 0.29) is 0 Å². The van der Waals surface area contributed by atoms with Gasteiger partial charge in [0.1, 0.15) is 12.4 Å². The monoisotopic (exact) mass is 372 g/mol. The molecule has 5 nitrogen and oxygen atoms in total. The number of nitrogens with zero attached hydrogens (tertiary/aromatic N) is 3. The Bertz CT molecular complexity index is 931. The van der Waals surface area contributed by atoms with Crippen LogP contribution in [0.5, 0.6) is 5.75 Å². The molecule has 1 aromatic heterocycles. The van der Waals surface area contributed by atoms with Gasteiger partial charge in [0.25, 0.3) is 0 Å². The number of hydrogen-bond acceptors (Lipinski definition) is 4. The highest BCUT2D eigenvalue weighted by Crippen LogP contribution is 2.18. The zero-order chi connectivity index (χ0) is 17.6. The molecule has 0 fully saturated rings. The SMILES string of the molecule is CCc1n[nH]c(=S)n1/N=C/c1ccc(OCc2ccccc2Cl)cc1. The Morgan fingerprint density at radius 2 is 2.00 bits per heavy atom. The fourth-order valence-corrected chi connectivity index (χ4v) is 2.61. The van der Waals surface area contributed by atoms with Gasteiger partial charge >= 0.3 is 0 Å². The highest BCUT2D eigenvalue weighted by molar-refractivity contribution is 7.71. The first-order valence-corrected chi connectivity index (χ1v) is 8.63. The van der Waals surface area contributed by atoms with E-state index in [1.807, 2.05) is 55.5 Å². The Morgan fingerprint density at radius 3 is 2.72 bits per heavy atom. The van der Waals surface area contributed by atoms with E-state index in [1.165, 1.54) is 0 Å². The predicted octanol–water partition coefficient (Wildman–Crippen LogP) is 4.62. The maximum Gasteiger partial charge on any atom is 0.216 e. The zero-order valence-electron chi connectivity index (χ0n) is 13.6. The van der Waals surface area contributed by atoms with Crippen LogP contribution in [0.2, 0.25) is 5.02 Å². The van der Waals surface area contributed by atoms with Crippen molar-refractivity contribution in [3.8, 4) is 5.75 Å². The number of rotatable bonds is 6. The number of halogens is 1. The zero-order valence-corrected chi connectivity index (χ0v) is 15.2. The third-order valence-electron chi connectivity index (χ3n) is 3.59. The number of aromatic amines is 1. The van der Waals surface area contributed by atoms with Gasteiger partial charge in [0.2, 0.25) is 4.77 Å². The number of aryl methyl sites for hydroxylation is 1. The number of hydrogen-bond donors (Lipinski definition) is 1. The average molecular weight is 373 g/mol. The van der Waals surface area contributed by atoms with E-state index >= 15 is 0 Å². The molecule has 25 heavy (non-hydrogen) atoms. The molecule has 0 saturated carbocycles. The van der Waals surface area contributed by atoms with Crippen LogP contribution in [0, 0.1) is 4.77 Å². The van der Waals surface area contributed by atoms with Gasteiger partial charge in [-0.3, -0.25) is 5.10 Å². The topological polar surface area (TPSA) is 55.2 Å². The molecule has 0 unspecified atom stereocenters. The molecule has 2 aromatic carbocycles. The van der Waals surface area contributed by atoms with E-state index in [9.17, 15) is 0 Å². The molecule has 7 heteroatoms. The number of ether oxygens (including phenoxy) is 1. The van der Waals surface area contributed by atoms with Crippen LogP contribution in [0.3, 0.4) is 0 Å². The molecule has 0 aliphatic rings. The molecule has 0 spiro atoms. The van der Waals surface area contributed by atoms with Crippen molar-refractivity contribution in [2.75, 3.05) is 0 Å². The lowest BCUT2D eigenvalue weighted by atomic mass is 10.2. The summed E-state index contributed by atoms with van der Waals surface area (Å²) < 4.78 is 7.87. The molecule has 0 atom stereocenters. The van der Waals surface area contributed by atoms with Crippen molar-refractivity contribution in [1.29, 1.82) is 0 Å². The quantitative estimate of drug-likeness (QED) is 0.507. The maximum atomic E-state index is 6.13. The summed E-state index contributed by atoms with van der Waals surface area (Å²) in [4.78, 5) is 0. The van der Waals surface area contributed by atoms with Crippen LogP contribution in [0.25, 0.3) is 0 Å². The number of nitrogens with one attached hydrogen (secondary N) is 1. The summed E-state index contributed by atoms with van der Waals surface area (Å²) in [6, 6.07) is 15.3. The molecule has 3 aromatic rings. The first-order valence-electron chi connectivity index (χ1n) is 7.84. The van der Waals surface area contributed by atoms with Crippen LogP contribution in [0.15, 0.2) is 53.6 Å². The molecule has 0 aliphatic heterocycles. The third kappa shape index (κ3) is 4.35. The van der Waals surface area contributed by atoms with Gasteiger partial charge < -0.3 is 4.74 Å². The van der Waals surface area contributed by atoms with Gasteiger partial charge in [-0.1, -0.05) is 36.7 Å². The number of H-pyrrole nitrogens is 1. The van der Waals surface area contributed by atoms with Gasteiger partial charge in [-0.25, -0.2) is 0 Å². The number of aromatic nitrogens is 3. The van der Waals surface area contributed by atoms with E-state index in [0.717, 1.165) is 29.1 Å². The van der Waals surface area contributed by atoms with Gasteiger partial charge in [-0.2, -0.15) is 14.9 Å². The molecule has 0 saturated heterocycles. The van der Waals surface area contributed by atoms with E-state index in [0.29, 0.717) is 16.4 Å². The number of benzene rings is 2. The van der Waals surface area contributed by atoms with Crippen LogP contribution in [-0.2, 0) is 13.0 Å². The van der Waals surface area contributed by atoms with Crippen LogP contribution in [0.1, 0.15) is 23.9 Å². The van der Waals surface area contributed by atoms with E-state index in [2.05, 4.69) is 15.3 Å². The first-order chi connectivity index (χ1) is 12.2. The molecule has 0 aliphatic carbocycles. The van der Waals surface area contributed by atoms with Crippen molar-refractivity contribution < 1.29 is 4.74 Å². The van der Waals surface area contributed by atoms with E-state index in [1.54, 1.807) is 10.9 Å². The molecule has 0 bridgehead atoms. The minimum absolute atomic E-state index is 0.428. The summed E-state index contributed by atoms with van der Waals surface area (Å²) in [6.45, 7) is 2.43. The smallest absolute Gasteiger partial charge is 0.216 e. The third-order valence-corrected chi connectivity index (χ3v) is 4.22. The van der Waals surface area contributed by atoms with Crippen LogP contribution in [0.4, 0.5) is 0 Å². The lowest BCUT2D eigenvalue weighted by molar-refractivity contribution is 0.306. The fourth-order valence-electron chi connectivity index (χ4n) is 2.22. The lowest BCUT2D eigenvalue weighted by Crippen LogP contribution is -1.98. The summed E-state index contributed by atoms with van der Waals surface area (Å²) in [7, 11) is 0. The molecule has 0 amide bonds. The molecule has 1 N–H and O–H groups in total. The van der Waals surface area contributed by atoms with Crippen molar-refractivity contribution in [2.24, 2.45) is 5.10 Å². The summed E-state index contributed by atoms with van der Waals surface area (Å²) >= 11 is 11.3. The van der Waals surface area contributed by atoms with Crippen molar-refractivity contribution in [3.05, 3.63) is 75.3 Å². The lowest BCUT2D eigenvalue weighted by Gasteiger charge is -2.07. The second-order valence-electron chi connectivity index (χ2n) is 5.30. The summed E-state index contributed by atoms with van der Waals surface area (Å²) in [5.74, 6) is 1.56. The summed E-state index contributed by atoms with van der Waals surface area (Å²) in [6.07, 6.45) is 2.49. The van der Waals surface area contributed by atoms with E-state index in [4.69, 9.17) is 28.6 Å². The van der Waals surface area contributed by atoms with Crippen molar-refractivity contribution in [3.63, 3.8) is 0 Å². The van der Waals surface area contributed by atoms with Crippen LogP contribution in [-0.4, -0.2) is 21.1 Å². The second-order valence-corrected chi connectivity index (χ2v) is 6.10. The molecule has 1 heterocycles. The minimum atomic E-state index is 0.428. The first kappa shape index (κ1) is 17.4. The Labute approximate surface area is 155 Å². The largest absolute Gasteiger partial charge is 0.489 e. The maximum absolute atomic E-state index is 6.13. The molecular weight excluding hydrogens is 356 g/mol. The summed E-state index contributed by atoms with van der Waals surface area (Å²) in [5, 5.41) is 11.9. The molecule has 128 valence electrons. The fraction of sp³-hybridized carbons (Fsp3) is 0.167. The Morgan fingerprint density at radius 1 is 1.24 bits per heavy atom. The predicted molar refractivity (Wildman–Crippen MR) is 102 cm³/mol. The van der Waals surface area contributed by atoms with Gasteiger partial charge in [0.15, 0.2) is 5.82 Å². The van der Waals surface area contributed by atoms with E-state index < -0.39 is 0 Å². The van der Waals surface area contributed by atoms with Gasteiger partial charge in [-0.05, 0) is 48.1 Å². The Hall–Kier alpha value is -2.44. The molecular formula is C18H17ClN4OS. The normalized spacial score (nSPS) is 11.1. The van der Waals surface area contributed by atoms with Crippen molar-refractivity contribution >= 4 is 30.0 Å². The Kier molecular flexibility index (Phi) is 5.63. The van der Waals surface area contributed by atoms with Crippen LogP contribution < -0.4 is 4.74 Å². The highest BCUT2D eigenvalue weighted by Gasteiger charge is 2.02. The molecule has 0 radical (unpaired) electrons. The van der Waals surface area contributed by atoms with Gasteiger partial charge in [0.05, 0.1) is 6.21 Å². The minimum Gasteiger partial charge on any atom is -0.489 e. The van der Waals surface area contributed by atoms with Crippen molar-refractivity contribution in [2.45, 2.75) is 20.0 Å². The van der Waals surface area contributed by atoms with Crippen LogP contribution >= 0.6 is 23.8 Å². The average Bonchev–Trinajstić information content (AvgIpc) is 3.00.